The smallest absolute Gasteiger partial charge is 0.0623 e. The van der Waals surface area contributed by atoms with Gasteiger partial charge in [-0.3, -0.25) is 4.68 Å². The van der Waals surface area contributed by atoms with Crippen LogP contribution in [0.25, 0.3) is 0 Å². The van der Waals surface area contributed by atoms with Gasteiger partial charge in [-0.05, 0) is 29.5 Å². The second-order valence-electron chi connectivity index (χ2n) is 2.31. The molecular weight excluding hydrogens is 239 g/mol. The number of halogens is 1. The standard InChI is InChI=1S/C7H9IN2/c1-6(2)4-10-5-7(8)3-9-10/h3,5H,1,4H2,2H3. The lowest BCUT2D eigenvalue weighted by atomic mass is 10.4. The first kappa shape index (κ1) is 7.78. The van der Waals surface area contributed by atoms with Crippen LogP contribution in [0, 0.1) is 3.57 Å². The number of rotatable bonds is 2. The van der Waals surface area contributed by atoms with Crippen molar-refractivity contribution < 1.29 is 0 Å². The summed E-state index contributed by atoms with van der Waals surface area (Å²) in [6.45, 7) is 6.61. The average molecular weight is 248 g/mol. The highest BCUT2D eigenvalue weighted by Gasteiger charge is 1.92. The molecule has 3 heteroatoms. The zero-order valence-corrected chi connectivity index (χ0v) is 8.00. The van der Waals surface area contributed by atoms with Gasteiger partial charge >= 0.3 is 0 Å². The van der Waals surface area contributed by atoms with Crippen LogP contribution in [0.4, 0.5) is 0 Å². The highest BCUT2D eigenvalue weighted by molar-refractivity contribution is 14.1. The van der Waals surface area contributed by atoms with Crippen molar-refractivity contribution in [2.75, 3.05) is 0 Å². The first-order valence-electron chi connectivity index (χ1n) is 3.01. The molecular formula is C7H9IN2. The summed E-state index contributed by atoms with van der Waals surface area (Å²) in [7, 11) is 0. The van der Waals surface area contributed by atoms with Crippen LogP contribution < -0.4 is 0 Å². The van der Waals surface area contributed by atoms with Crippen molar-refractivity contribution in [1.29, 1.82) is 0 Å². The SMILES string of the molecule is C=C(C)Cn1cc(I)cn1. The maximum absolute atomic E-state index is 4.10. The quantitative estimate of drug-likeness (QED) is 0.578. The number of hydrogen-bond acceptors (Lipinski definition) is 1. The van der Waals surface area contributed by atoms with Gasteiger partial charge in [0.2, 0.25) is 0 Å². The average Bonchev–Trinajstić information content (AvgIpc) is 2.13. The summed E-state index contributed by atoms with van der Waals surface area (Å²) in [5.74, 6) is 0. The number of allylic oxidation sites excluding steroid dienone is 1. The Morgan fingerprint density at radius 2 is 2.60 bits per heavy atom. The Labute approximate surface area is 74.1 Å². The summed E-state index contributed by atoms with van der Waals surface area (Å²) in [5.41, 5.74) is 1.12. The highest BCUT2D eigenvalue weighted by atomic mass is 127. The maximum atomic E-state index is 4.10. The van der Waals surface area contributed by atoms with Crippen LogP contribution in [0.15, 0.2) is 24.5 Å². The van der Waals surface area contributed by atoms with Gasteiger partial charge in [0.05, 0.1) is 16.3 Å². The van der Waals surface area contributed by atoms with E-state index in [1.807, 2.05) is 24.0 Å². The van der Waals surface area contributed by atoms with E-state index in [4.69, 9.17) is 0 Å². The van der Waals surface area contributed by atoms with Crippen LogP contribution in [0.2, 0.25) is 0 Å². The number of aromatic nitrogens is 2. The van der Waals surface area contributed by atoms with Gasteiger partial charge in [-0.15, -0.1) is 0 Å². The van der Waals surface area contributed by atoms with E-state index < -0.39 is 0 Å². The normalized spacial score (nSPS) is 9.80. The predicted molar refractivity (Wildman–Crippen MR) is 49.8 cm³/mol. The third kappa shape index (κ3) is 2.13. The Hall–Kier alpha value is -0.320. The van der Waals surface area contributed by atoms with Crippen molar-refractivity contribution in [2.24, 2.45) is 0 Å². The Bertz CT molecular complexity index is 240. The van der Waals surface area contributed by atoms with E-state index in [0.29, 0.717) is 0 Å². The first-order valence-corrected chi connectivity index (χ1v) is 4.08. The Morgan fingerprint density at radius 3 is 3.00 bits per heavy atom. The minimum atomic E-state index is 0.822. The molecule has 0 radical (unpaired) electrons. The topological polar surface area (TPSA) is 17.8 Å². The summed E-state index contributed by atoms with van der Waals surface area (Å²) >= 11 is 2.23. The van der Waals surface area contributed by atoms with Gasteiger partial charge in [0, 0.05) is 6.20 Å². The second-order valence-corrected chi connectivity index (χ2v) is 3.56. The Balaban J connectivity index is 2.67. The first-order chi connectivity index (χ1) is 4.68. The van der Waals surface area contributed by atoms with Crippen LogP contribution in [0.5, 0.6) is 0 Å². The molecule has 0 fully saturated rings. The molecule has 0 saturated heterocycles. The second kappa shape index (κ2) is 3.18. The van der Waals surface area contributed by atoms with E-state index in [2.05, 4.69) is 34.3 Å². The molecule has 0 aliphatic heterocycles. The van der Waals surface area contributed by atoms with Crippen molar-refractivity contribution in [3.05, 3.63) is 28.1 Å². The lowest BCUT2D eigenvalue weighted by molar-refractivity contribution is 0.678. The van der Waals surface area contributed by atoms with Gasteiger partial charge in [-0.2, -0.15) is 5.10 Å². The predicted octanol–water partition coefficient (Wildman–Crippen LogP) is 2.06. The molecule has 0 spiro atoms. The van der Waals surface area contributed by atoms with Crippen LogP contribution in [0.1, 0.15) is 6.92 Å². The molecule has 1 heterocycles. The molecule has 1 aromatic heterocycles. The Morgan fingerprint density at radius 1 is 1.90 bits per heavy atom. The molecule has 0 aliphatic carbocycles. The summed E-state index contributed by atoms with van der Waals surface area (Å²) in [6, 6.07) is 0. The van der Waals surface area contributed by atoms with Gasteiger partial charge in [0.25, 0.3) is 0 Å². The van der Waals surface area contributed by atoms with Gasteiger partial charge in [-0.1, -0.05) is 12.2 Å². The number of nitrogens with zero attached hydrogens (tertiary/aromatic N) is 2. The third-order valence-corrected chi connectivity index (χ3v) is 1.59. The molecule has 1 rings (SSSR count). The van der Waals surface area contributed by atoms with E-state index in [9.17, 15) is 0 Å². The lowest BCUT2D eigenvalue weighted by Gasteiger charge is -1.97. The molecule has 2 nitrogen and oxygen atoms in total. The van der Waals surface area contributed by atoms with Crippen molar-refractivity contribution in [1.82, 2.24) is 9.78 Å². The van der Waals surface area contributed by atoms with Gasteiger partial charge < -0.3 is 0 Å². The summed E-state index contributed by atoms with van der Waals surface area (Å²) in [4.78, 5) is 0. The fourth-order valence-corrected chi connectivity index (χ4v) is 1.15. The maximum Gasteiger partial charge on any atom is 0.0623 e. The minimum absolute atomic E-state index is 0.822. The van der Waals surface area contributed by atoms with Crippen molar-refractivity contribution in [3.8, 4) is 0 Å². The van der Waals surface area contributed by atoms with Gasteiger partial charge in [-0.25, -0.2) is 0 Å². The van der Waals surface area contributed by atoms with E-state index in [1.54, 1.807) is 0 Å². The summed E-state index contributed by atoms with van der Waals surface area (Å²) in [6.07, 6.45) is 3.83. The van der Waals surface area contributed by atoms with Gasteiger partial charge in [0.15, 0.2) is 0 Å². The largest absolute Gasteiger partial charge is 0.268 e. The van der Waals surface area contributed by atoms with E-state index in [-0.39, 0.29) is 0 Å². The monoisotopic (exact) mass is 248 g/mol. The molecule has 0 bridgehead atoms. The molecule has 0 saturated carbocycles. The fraction of sp³-hybridized carbons (Fsp3) is 0.286. The molecule has 0 aliphatic rings. The fourth-order valence-electron chi connectivity index (χ4n) is 0.701. The Kier molecular flexibility index (Phi) is 2.48. The third-order valence-electron chi connectivity index (χ3n) is 1.03. The molecule has 0 unspecified atom stereocenters. The summed E-state index contributed by atoms with van der Waals surface area (Å²) < 4.78 is 3.04. The van der Waals surface area contributed by atoms with Crippen LogP contribution in [-0.4, -0.2) is 9.78 Å². The van der Waals surface area contributed by atoms with Crippen molar-refractivity contribution in [3.63, 3.8) is 0 Å². The molecule has 0 N–H and O–H groups in total. The van der Waals surface area contributed by atoms with Crippen LogP contribution in [-0.2, 0) is 6.54 Å². The highest BCUT2D eigenvalue weighted by Crippen LogP contribution is 2.02. The zero-order valence-electron chi connectivity index (χ0n) is 5.84. The molecule has 0 atom stereocenters. The molecule has 10 heavy (non-hydrogen) atoms. The number of hydrogen-bond donors (Lipinski definition) is 0. The zero-order chi connectivity index (χ0) is 7.56. The summed E-state index contributed by atoms with van der Waals surface area (Å²) in [5, 5.41) is 4.10. The van der Waals surface area contributed by atoms with Crippen molar-refractivity contribution >= 4 is 22.6 Å². The van der Waals surface area contributed by atoms with E-state index >= 15 is 0 Å². The lowest BCUT2D eigenvalue weighted by Crippen LogP contribution is -1.97. The van der Waals surface area contributed by atoms with Crippen LogP contribution in [0.3, 0.4) is 0 Å². The van der Waals surface area contributed by atoms with Crippen LogP contribution >= 0.6 is 22.6 Å². The molecule has 0 amide bonds. The molecule has 54 valence electrons. The molecule has 0 aromatic carbocycles. The van der Waals surface area contributed by atoms with E-state index in [1.165, 1.54) is 3.57 Å². The van der Waals surface area contributed by atoms with Gasteiger partial charge in [0.1, 0.15) is 0 Å². The van der Waals surface area contributed by atoms with Crippen molar-refractivity contribution in [2.45, 2.75) is 13.5 Å². The minimum Gasteiger partial charge on any atom is -0.268 e. The van der Waals surface area contributed by atoms with E-state index in [0.717, 1.165) is 12.1 Å². The molecule has 1 aromatic rings.